The Bertz CT molecular complexity index is 540. The van der Waals surface area contributed by atoms with Crippen molar-refractivity contribution in [1.82, 2.24) is 10.6 Å². The summed E-state index contributed by atoms with van der Waals surface area (Å²) < 4.78 is 4.81. The zero-order valence-electron chi connectivity index (χ0n) is 14.6. The van der Waals surface area contributed by atoms with Crippen molar-refractivity contribution in [2.24, 2.45) is 5.73 Å². The number of carboxylic acids is 1. The summed E-state index contributed by atoms with van der Waals surface area (Å²) in [5.74, 6) is -1.72. The van der Waals surface area contributed by atoms with Crippen molar-refractivity contribution in [2.45, 2.75) is 64.1 Å². The molecule has 0 spiro atoms. The van der Waals surface area contributed by atoms with Gasteiger partial charge in [0, 0.05) is 17.6 Å². The van der Waals surface area contributed by atoms with Crippen LogP contribution in [0.2, 0.25) is 0 Å². The van der Waals surface area contributed by atoms with E-state index in [9.17, 15) is 14.4 Å². The Kier molecular flexibility index (Phi) is 6.50. The Balaban J connectivity index is 2.35. The summed E-state index contributed by atoms with van der Waals surface area (Å²) in [7, 11) is 0. The largest absolute Gasteiger partial charge is 0.480 e. The molecule has 8 nitrogen and oxygen atoms in total. The molecule has 1 heterocycles. The van der Waals surface area contributed by atoms with Crippen molar-refractivity contribution in [1.29, 1.82) is 0 Å². The first-order valence-corrected chi connectivity index (χ1v) is 7.96. The molecule has 0 aromatic heterocycles. The summed E-state index contributed by atoms with van der Waals surface area (Å²) in [4.78, 5) is 34.4. The first-order valence-electron chi connectivity index (χ1n) is 7.96. The molecule has 0 bridgehead atoms. The van der Waals surface area contributed by atoms with Crippen LogP contribution in [0.15, 0.2) is 11.6 Å². The van der Waals surface area contributed by atoms with Crippen LogP contribution in [0.4, 0.5) is 4.79 Å². The van der Waals surface area contributed by atoms with Crippen LogP contribution in [0.25, 0.3) is 0 Å². The monoisotopic (exact) mass is 341 g/mol. The van der Waals surface area contributed by atoms with Crippen LogP contribution in [0.1, 0.15) is 47.0 Å². The normalized spacial score (nSPS) is 19.3. The van der Waals surface area contributed by atoms with Crippen LogP contribution in [0.3, 0.4) is 0 Å². The summed E-state index contributed by atoms with van der Waals surface area (Å²) >= 11 is 0. The fourth-order valence-corrected chi connectivity index (χ4v) is 2.74. The molecule has 0 aliphatic carbocycles. The molecule has 1 aliphatic heterocycles. The number of carbonyl (C=O) groups excluding carboxylic acids is 2. The van der Waals surface area contributed by atoms with Gasteiger partial charge >= 0.3 is 18.0 Å². The summed E-state index contributed by atoms with van der Waals surface area (Å²) in [6.07, 6.45) is 2.37. The fourth-order valence-electron chi connectivity index (χ4n) is 2.74. The number of esters is 1. The average Bonchev–Trinajstić information content (AvgIpc) is 2.65. The predicted octanol–water partition coefficient (Wildman–Crippen LogP) is 0.908. The van der Waals surface area contributed by atoms with Gasteiger partial charge in [0.25, 0.3) is 0 Å². The van der Waals surface area contributed by atoms with E-state index in [2.05, 4.69) is 10.6 Å². The van der Waals surface area contributed by atoms with Gasteiger partial charge in [0.2, 0.25) is 0 Å². The minimum Gasteiger partial charge on any atom is -0.480 e. The molecule has 8 heteroatoms. The highest BCUT2D eigenvalue weighted by Crippen LogP contribution is 2.30. The maximum Gasteiger partial charge on any atom is 0.415 e. The number of carbonyl (C=O) groups is 3. The molecule has 0 saturated carbocycles. The zero-order chi connectivity index (χ0) is 18.5. The second-order valence-corrected chi connectivity index (χ2v) is 7.07. The van der Waals surface area contributed by atoms with Crippen molar-refractivity contribution >= 4 is 18.0 Å². The molecule has 0 aromatic rings. The lowest BCUT2D eigenvalue weighted by Gasteiger charge is -2.27. The van der Waals surface area contributed by atoms with E-state index < -0.39 is 29.6 Å². The van der Waals surface area contributed by atoms with Crippen LogP contribution >= 0.6 is 0 Å². The van der Waals surface area contributed by atoms with Crippen LogP contribution in [-0.2, 0) is 14.3 Å². The minimum atomic E-state index is -1.04. The van der Waals surface area contributed by atoms with E-state index in [0.29, 0.717) is 24.8 Å². The molecule has 0 radical (unpaired) electrons. The minimum absolute atomic E-state index is 0.282. The van der Waals surface area contributed by atoms with E-state index in [1.807, 2.05) is 27.7 Å². The molecular formula is C16H27N3O5. The molecular weight excluding hydrogens is 314 g/mol. The van der Waals surface area contributed by atoms with Crippen LogP contribution < -0.4 is 16.4 Å². The Morgan fingerprint density at radius 3 is 2.42 bits per heavy atom. The van der Waals surface area contributed by atoms with Gasteiger partial charge in [-0.05, 0) is 47.0 Å². The zero-order valence-corrected chi connectivity index (χ0v) is 14.6. The van der Waals surface area contributed by atoms with Crippen molar-refractivity contribution in [3.05, 3.63) is 11.6 Å². The lowest BCUT2D eigenvalue weighted by molar-refractivity contribution is -0.138. The molecule has 1 atom stereocenters. The first-order chi connectivity index (χ1) is 10.9. The van der Waals surface area contributed by atoms with Gasteiger partial charge in [0.1, 0.15) is 6.04 Å². The van der Waals surface area contributed by atoms with Crippen molar-refractivity contribution in [2.75, 3.05) is 6.54 Å². The highest BCUT2D eigenvalue weighted by Gasteiger charge is 2.41. The van der Waals surface area contributed by atoms with Gasteiger partial charge in [-0.3, -0.25) is 10.1 Å². The fraction of sp³-hybridized carbons (Fsp3) is 0.688. The third kappa shape index (κ3) is 5.93. The smallest absolute Gasteiger partial charge is 0.415 e. The maximum atomic E-state index is 12.1. The summed E-state index contributed by atoms with van der Waals surface area (Å²) in [5.41, 5.74) is 4.86. The number of carboxylic acid groups (broad SMARTS) is 1. The number of hydrogen-bond donors (Lipinski definition) is 4. The van der Waals surface area contributed by atoms with E-state index >= 15 is 0 Å². The number of ether oxygens (including phenoxy) is 1. The quantitative estimate of drug-likeness (QED) is 0.307. The number of aliphatic carboxylic acids is 1. The highest BCUT2D eigenvalue weighted by atomic mass is 16.6. The molecule has 1 rings (SSSR count). The molecule has 0 fully saturated rings. The maximum absolute atomic E-state index is 12.1. The van der Waals surface area contributed by atoms with Gasteiger partial charge in [-0.15, -0.1) is 0 Å². The van der Waals surface area contributed by atoms with Gasteiger partial charge in [-0.1, -0.05) is 6.08 Å². The summed E-state index contributed by atoms with van der Waals surface area (Å²) in [5, 5.41) is 14.4. The third-order valence-electron chi connectivity index (χ3n) is 3.75. The Hall–Kier alpha value is -1.93. The topological polar surface area (TPSA) is 131 Å². The standard InChI is InChI=1S/C16H27N3O5/c1-15(2)9-10(16(3,4)19-15)13(22)24-14(23)18-8-6-5-7-11(17)12(20)21/h9,11,19H,5-8,17H2,1-4H3,(H,18,23)(H,20,21)/t11-/m1/s1. The number of alkyl carbamates (subject to hydrolysis) is 1. The molecule has 136 valence electrons. The van der Waals surface area contributed by atoms with Crippen molar-refractivity contribution in [3.63, 3.8) is 0 Å². The van der Waals surface area contributed by atoms with Crippen molar-refractivity contribution in [3.8, 4) is 0 Å². The molecule has 0 saturated heterocycles. The highest BCUT2D eigenvalue weighted by molar-refractivity contribution is 5.98. The van der Waals surface area contributed by atoms with Gasteiger partial charge in [0.15, 0.2) is 0 Å². The number of nitrogens with two attached hydrogens (primary N) is 1. The Morgan fingerprint density at radius 1 is 1.29 bits per heavy atom. The van der Waals surface area contributed by atoms with Crippen LogP contribution in [-0.4, -0.2) is 46.8 Å². The molecule has 5 N–H and O–H groups in total. The number of hydrogen-bond acceptors (Lipinski definition) is 6. The van der Waals surface area contributed by atoms with E-state index in [1.165, 1.54) is 0 Å². The van der Waals surface area contributed by atoms with E-state index in [1.54, 1.807) is 6.08 Å². The van der Waals surface area contributed by atoms with Gasteiger partial charge in [-0.2, -0.15) is 0 Å². The second kappa shape index (κ2) is 7.76. The van der Waals surface area contributed by atoms with Crippen LogP contribution in [0.5, 0.6) is 0 Å². The summed E-state index contributed by atoms with van der Waals surface area (Å²) in [6.45, 7) is 7.83. The number of rotatable bonds is 7. The molecule has 0 unspecified atom stereocenters. The average molecular weight is 341 g/mol. The summed E-state index contributed by atoms with van der Waals surface area (Å²) in [6, 6.07) is -0.897. The number of unbranched alkanes of at least 4 members (excludes halogenated alkanes) is 1. The first kappa shape index (κ1) is 20.1. The van der Waals surface area contributed by atoms with Crippen molar-refractivity contribution < 1.29 is 24.2 Å². The lowest BCUT2D eigenvalue weighted by Crippen LogP contribution is -2.47. The lowest BCUT2D eigenvalue weighted by atomic mass is 9.97. The van der Waals surface area contributed by atoms with E-state index in [-0.39, 0.29) is 12.1 Å². The second-order valence-electron chi connectivity index (χ2n) is 7.07. The molecule has 1 aliphatic rings. The molecule has 1 amide bonds. The molecule has 24 heavy (non-hydrogen) atoms. The number of amides is 1. The van der Waals surface area contributed by atoms with E-state index in [0.717, 1.165) is 0 Å². The van der Waals surface area contributed by atoms with Crippen LogP contribution in [0, 0.1) is 0 Å². The van der Waals surface area contributed by atoms with Gasteiger partial charge in [-0.25, -0.2) is 9.59 Å². The molecule has 0 aromatic carbocycles. The SMILES string of the molecule is CC1(C)C=C(C(=O)OC(=O)NCCCC[C@@H](N)C(=O)O)C(C)(C)N1. The third-order valence-corrected chi connectivity index (χ3v) is 3.75. The van der Waals surface area contributed by atoms with E-state index in [4.69, 9.17) is 15.6 Å². The predicted molar refractivity (Wildman–Crippen MR) is 88.3 cm³/mol. The Morgan fingerprint density at radius 2 is 1.92 bits per heavy atom. The number of nitrogens with one attached hydrogen (secondary N) is 2. The van der Waals surface area contributed by atoms with Gasteiger partial charge < -0.3 is 20.9 Å². The van der Waals surface area contributed by atoms with Gasteiger partial charge in [0.05, 0.1) is 5.57 Å². The Labute approximate surface area is 141 Å².